The highest BCUT2D eigenvalue weighted by Gasteiger charge is 2.40. The fourth-order valence-electron chi connectivity index (χ4n) is 5.26. The van der Waals surface area contributed by atoms with Crippen molar-refractivity contribution in [1.82, 2.24) is 29.5 Å². The number of aromatic nitrogens is 4. The number of alkyl halides is 3. The van der Waals surface area contributed by atoms with Gasteiger partial charge in [0.15, 0.2) is 11.3 Å². The van der Waals surface area contributed by atoms with E-state index >= 15 is 0 Å². The molecule has 2 aromatic heterocycles. The number of ether oxygens (including phenoxy) is 2. The Morgan fingerprint density at radius 2 is 1.79 bits per heavy atom. The average Bonchev–Trinajstić information content (AvgIpc) is 3.40. The number of likely N-dealkylation sites (tertiary alicyclic amines) is 1. The number of hydrogen-bond acceptors (Lipinski definition) is 7. The van der Waals surface area contributed by atoms with Crippen molar-refractivity contribution in [2.45, 2.75) is 38.1 Å². The maximum Gasteiger partial charge on any atom is 0.436 e. The number of benzene rings is 2. The average molecular weight is 599 g/mol. The molecular weight excluding hydrogens is 565 g/mol. The van der Waals surface area contributed by atoms with Gasteiger partial charge in [0, 0.05) is 45.2 Å². The van der Waals surface area contributed by atoms with Gasteiger partial charge >= 0.3 is 12.3 Å². The summed E-state index contributed by atoms with van der Waals surface area (Å²) in [6.45, 7) is 2.36. The van der Waals surface area contributed by atoms with E-state index in [1.165, 1.54) is 16.7 Å². The Labute approximate surface area is 246 Å². The van der Waals surface area contributed by atoms with E-state index in [1.54, 1.807) is 31.3 Å². The lowest BCUT2D eigenvalue weighted by Gasteiger charge is -2.33. The maximum atomic E-state index is 14.0. The predicted octanol–water partition coefficient (Wildman–Crippen LogP) is 4.64. The molecule has 1 saturated heterocycles. The number of hydrogen-bond donors (Lipinski definition) is 1. The Morgan fingerprint density at radius 1 is 1.09 bits per heavy atom. The molecule has 3 heterocycles. The number of halogens is 3. The lowest BCUT2D eigenvalue weighted by molar-refractivity contribution is -0.140. The third-order valence-electron chi connectivity index (χ3n) is 7.60. The van der Waals surface area contributed by atoms with Crippen molar-refractivity contribution in [1.29, 1.82) is 0 Å². The molecule has 228 valence electrons. The number of carbonyl (C=O) groups is 1. The smallest absolute Gasteiger partial charge is 0.436 e. The molecule has 10 nitrogen and oxygen atoms in total. The first-order valence-electron chi connectivity index (χ1n) is 14.0. The fourth-order valence-corrected chi connectivity index (χ4v) is 5.26. The molecule has 0 bridgehead atoms. The molecular formula is C30H33F3N6O4. The summed E-state index contributed by atoms with van der Waals surface area (Å²) in [5, 5.41) is 3.33. The van der Waals surface area contributed by atoms with Crippen LogP contribution in [0.3, 0.4) is 0 Å². The molecule has 2 aromatic carbocycles. The number of amides is 1. The summed E-state index contributed by atoms with van der Waals surface area (Å²) < 4.78 is 53.9. The van der Waals surface area contributed by atoms with Crippen molar-refractivity contribution < 1.29 is 27.4 Å². The Balaban J connectivity index is 1.27. The van der Waals surface area contributed by atoms with Gasteiger partial charge in [-0.05, 0) is 24.5 Å². The van der Waals surface area contributed by atoms with Crippen molar-refractivity contribution >= 4 is 17.1 Å². The molecule has 1 aliphatic rings. The number of para-hydroxylation sites is 1. The van der Waals surface area contributed by atoms with Crippen LogP contribution in [0, 0.1) is 0 Å². The van der Waals surface area contributed by atoms with Crippen molar-refractivity contribution in [2.75, 3.05) is 40.3 Å². The zero-order valence-corrected chi connectivity index (χ0v) is 23.9. The van der Waals surface area contributed by atoms with Gasteiger partial charge in [0.1, 0.15) is 23.6 Å². The van der Waals surface area contributed by atoms with E-state index < -0.39 is 28.9 Å². The van der Waals surface area contributed by atoms with Crippen LogP contribution in [0.4, 0.5) is 18.0 Å². The third-order valence-corrected chi connectivity index (χ3v) is 7.60. The van der Waals surface area contributed by atoms with Crippen LogP contribution in [0.2, 0.25) is 0 Å². The van der Waals surface area contributed by atoms with Gasteiger partial charge in [-0.2, -0.15) is 18.3 Å². The first-order valence-corrected chi connectivity index (χ1v) is 14.0. The summed E-state index contributed by atoms with van der Waals surface area (Å²) in [5.41, 5.74) is -0.571. The quantitative estimate of drug-likeness (QED) is 0.299. The van der Waals surface area contributed by atoms with Crippen LogP contribution in [0.15, 0.2) is 59.4 Å². The Bertz CT molecular complexity index is 1610. The molecule has 0 spiro atoms. The van der Waals surface area contributed by atoms with Gasteiger partial charge in [-0.25, -0.2) is 14.5 Å². The summed E-state index contributed by atoms with van der Waals surface area (Å²) in [6.07, 6.45) is -4.06. The third kappa shape index (κ3) is 6.99. The zero-order chi connectivity index (χ0) is 30.6. The van der Waals surface area contributed by atoms with Crippen molar-refractivity contribution in [3.05, 3.63) is 87.6 Å². The molecule has 13 heteroatoms. The molecule has 5 rings (SSSR count). The van der Waals surface area contributed by atoms with Crippen LogP contribution in [0.1, 0.15) is 41.5 Å². The van der Waals surface area contributed by atoms with Crippen LogP contribution >= 0.6 is 0 Å². The number of nitrogens with one attached hydrogen (secondary N) is 1. The topological polar surface area (TPSA) is 106 Å². The number of nitrogens with zero attached hydrogens (tertiary/aromatic N) is 5. The van der Waals surface area contributed by atoms with Crippen LogP contribution in [0.5, 0.6) is 5.75 Å². The molecule has 1 aliphatic heterocycles. The van der Waals surface area contributed by atoms with Gasteiger partial charge in [-0.3, -0.25) is 4.79 Å². The SMILES string of the molecule is COc1ccccc1Cc1nc2c(c(C(F)(F)F)nn2C2CCN(CCN(C)C(=O)OCc3ccccc3)CC2)c(=O)[nH]1. The molecule has 0 atom stereocenters. The van der Waals surface area contributed by atoms with E-state index in [0.29, 0.717) is 44.8 Å². The first kappa shape index (κ1) is 30.1. The fraction of sp³-hybridized carbons (Fsp3) is 0.400. The minimum absolute atomic E-state index is 0.0830. The summed E-state index contributed by atoms with van der Waals surface area (Å²) in [4.78, 5) is 36.0. The molecule has 0 radical (unpaired) electrons. The van der Waals surface area contributed by atoms with E-state index in [2.05, 4.69) is 20.0 Å². The van der Waals surface area contributed by atoms with Gasteiger partial charge in [0.25, 0.3) is 5.56 Å². The number of carbonyl (C=O) groups excluding carboxylic acids is 1. The number of fused-ring (bicyclic) bond motifs is 1. The highest BCUT2D eigenvalue weighted by Crippen LogP contribution is 2.35. The summed E-state index contributed by atoms with van der Waals surface area (Å²) in [5.74, 6) is 0.800. The van der Waals surface area contributed by atoms with Gasteiger partial charge in [0.2, 0.25) is 0 Å². The Morgan fingerprint density at radius 3 is 2.49 bits per heavy atom. The number of rotatable bonds is 9. The van der Waals surface area contributed by atoms with Gasteiger partial charge in [0.05, 0.1) is 13.2 Å². The number of likely N-dealkylation sites (N-methyl/N-ethyl adjacent to an activating group) is 1. The van der Waals surface area contributed by atoms with Crippen molar-refractivity contribution in [3.63, 3.8) is 0 Å². The summed E-state index contributed by atoms with van der Waals surface area (Å²) >= 11 is 0. The van der Waals surface area contributed by atoms with E-state index in [-0.39, 0.29) is 30.5 Å². The molecule has 43 heavy (non-hydrogen) atoms. The van der Waals surface area contributed by atoms with E-state index in [0.717, 1.165) is 11.1 Å². The summed E-state index contributed by atoms with van der Waals surface area (Å²) in [6, 6.07) is 16.2. The first-order chi connectivity index (χ1) is 20.6. The second kappa shape index (κ2) is 12.9. The van der Waals surface area contributed by atoms with E-state index in [1.807, 2.05) is 30.3 Å². The Hall–Kier alpha value is -4.39. The Kier molecular flexibility index (Phi) is 9.00. The minimum atomic E-state index is -4.82. The van der Waals surface area contributed by atoms with E-state index in [4.69, 9.17) is 9.47 Å². The maximum absolute atomic E-state index is 14.0. The van der Waals surface area contributed by atoms with Crippen LogP contribution < -0.4 is 10.3 Å². The van der Waals surface area contributed by atoms with E-state index in [9.17, 15) is 22.8 Å². The lowest BCUT2D eigenvalue weighted by atomic mass is 10.1. The molecule has 0 saturated carbocycles. The molecule has 1 N–H and O–H groups in total. The molecule has 1 fully saturated rings. The van der Waals surface area contributed by atoms with Crippen LogP contribution in [-0.2, 0) is 23.9 Å². The van der Waals surface area contributed by atoms with Gasteiger partial charge in [-0.15, -0.1) is 0 Å². The van der Waals surface area contributed by atoms with Crippen LogP contribution in [-0.4, -0.2) is 76.0 Å². The molecule has 1 amide bonds. The second-order valence-electron chi connectivity index (χ2n) is 10.5. The minimum Gasteiger partial charge on any atom is -0.496 e. The largest absolute Gasteiger partial charge is 0.496 e. The van der Waals surface area contributed by atoms with Crippen molar-refractivity contribution in [2.24, 2.45) is 0 Å². The van der Waals surface area contributed by atoms with Crippen molar-refractivity contribution in [3.8, 4) is 5.75 Å². The van der Waals surface area contributed by atoms with Gasteiger partial charge in [-0.1, -0.05) is 48.5 Å². The lowest BCUT2D eigenvalue weighted by Crippen LogP contribution is -2.41. The molecule has 4 aromatic rings. The number of piperidine rings is 1. The monoisotopic (exact) mass is 598 g/mol. The molecule has 0 aliphatic carbocycles. The normalized spacial score (nSPS) is 14.6. The standard InChI is InChI=1S/C30H33F3N6O4/c1-37(29(41)43-19-20-8-4-3-5-9-20)16-17-38-14-12-22(13-15-38)39-27-25(26(36-39)30(31,32)33)28(40)35-24(34-27)18-21-10-6-7-11-23(21)42-2/h3-11,22H,12-19H2,1-2H3,(H,34,35,40). The highest BCUT2D eigenvalue weighted by molar-refractivity contribution is 5.78. The number of aromatic amines is 1. The highest BCUT2D eigenvalue weighted by atomic mass is 19.4. The summed E-state index contributed by atoms with van der Waals surface area (Å²) in [7, 11) is 3.19. The second-order valence-corrected chi connectivity index (χ2v) is 10.5. The van der Waals surface area contributed by atoms with Crippen LogP contribution in [0.25, 0.3) is 11.0 Å². The number of H-pyrrole nitrogens is 1. The van der Waals surface area contributed by atoms with Gasteiger partial charge < -0.3 is 24.3 Å². The zero-order valence-electron chi connectivity index (χ0n) is 23.9. The molecule has 0 unspecified atom stereocenters. The number of methoxy groups -OCH3 is 1. The predicted molar refractivity (Wildman–Crippen MR) is 153 cm³/mol.